The van der Waals surface area contributed by atoms with Crippen molar-refractivity contribution in [1.82, 2.24) is 5.32 Å². The zero-order valence-corrected chi connectivity index (χ0v) is 14.6. The van der Waals surface area contributed by atoms with Crippen LogP contribution in [0.15, 0.2) is 65.5 Å². The van der Waals surface area contributed by atoms with Gasteiger partial charge in [0, 0.05) is 22.7 Å². The van der Waals surface area contributed by atoms with Crippen molar-refractivity contribution in [2.24, 2.45) is 0 Å². The molecule has 0 aliphatic carbocycles. The van der Waals surface area contributed by atoms with Gasteiger partial charge in [-0.15, -0.1) is 0 Å². The quantitative estimate of drug-likeness (QED) is 0.640. The number of nitrogens with one attached hydrogen (secondary N) is 1. The van der Waals surface area contributed by atoms with E-state index in [1.807, 2.05) is 47.3 Å². The van der Waals surface area contributed by atoms with Gasteiger partial charge in [0.15, 0.2) is 18.1 Å². The number of benzene rings is 1. The van der Waals surface area contributed by atoms with Crippen molar-refractivity contribution in [2.45, 2.75) is 24.6 Å². The molecule has 3 rings (SSSR count). The average molecular weight is 358 g/mol. The van der Waals surface area contributed by atoms with Gasteiger partial charge in [0.05, 0.1) is 12.0 Å². The monoisotopic (exact) mass is 357 g/mol. The topological polar surface area (TPSA) is 59.9 Å². The number of pyridine rings is 1. The molecule has 1 aromatic carbocycles. The molecule has 3 unspecified atom stereocenters. The lowest BCUT2D eigenvalue weighted by Gasteiger charge is -2.43. The van der Waals surface area contributed by atoms with Gasteiger partial charge in [0.25, 0.3) is 0 Å². The molecule has 0 fully saturated rings. The van der Waals surface area contributed by atoms with Crippen LogP contribution in [0.2, 0.25) is 5.02 Å². The van der Waals surface area contributed by atoms with Crippen molar-refractivity contribution < 1.29 is 9.67 Å². The highest BCUT2D eigenvalue weighted by Gasteiger charge is 2.50. The third-order valence-corrected chi connectivity index (χ3v) is 4.80. The summed E-state index contributed by atoms with van der Waals surface area (Å²) in [6, 6.07) is 14.7. The summed E-state index contributed by atoms with van der Waals surface area (Å²) in [4.78, 5) is 0. The second-order valence-electron chi connectivity index (χ2n) is 5.92. The highest BCUT2D eigenvalue weighted by atomic mass is 35.5. The predicted molar refractivity (Wildman–Crippen MR) is 93.6 cm³/mol. The van der Waals surface area contributed by atoms with E-state index in [-0.39, 0.29) is 10.9 Å². The third kappa shape index (κ3) is 2.96. The standard InChI is InChI=1S/C18H16ClN3OS/c1-18(23)16(22-9-3-2-4-10-22)15(14(11-20)17(24)21-18)12-5-7-13(19)8-6-12/h2-10,15-16,21,23H,1H3. The van der Waals surface area contributed by atoms with Gasteiger partial charge >= 0.3 is 0 Å². The van der Waals surface area contributed by atoms with Crippen LogP contribution in [0.5, 0.6) is 0 Å². The smallest absolute Gasteiger partial charge is 0.216 e. The molecule has 1 aliphatic rings. The minimum absolute atomic E-state index is 0.273. The van der Waals surface area contributed by atoms with E-state index in [0.717, 1.165) is 5.56 Å². The number of nitriles is 1. The van der Waals surface area contributed by atoms with Crippen LogP contribution in [0.25, 0.3) is 0 Å². The van der Waals surface area contributed by atoms with Gasteiger partial charge in [-0.2, -0.15) is 9.83 Å². The molecular weight excluding hydrogens is 342 g/mol. The van der Waals surface area contributed by atoms with Gasteiger partial charge in [-0.1, -0.05) is 34.8 Å². The molecule has 3 atom stereocenters. The Balaban J connectivity index is 2.22. The minimum Gasteiger partial charge on any atom is -0.762 e. The molecule has 4 nitrogen and oxygen atoms in total. The van der Waals surface area contributed by atoms with E-state index in [9.17, 15) is 10.4 Å². The van der Waals surface area contributed by atoms with Gasteiger partial charge in [-0.25, -0.2) is 0 Å². The molecular formula is C18H16ClN3OS. The summed E-state index contributed by atoms with van der Waals surface area (Å²) in [7, 11) is 0. The Bertz CT molecular complexity index is 812. The Kier molecular flexibility index (Phi) is 4.46. The number of hydrogen-bond acceptors (Lipinski definition) is 4. The van der Waals surface area contributed by atoms with Crippen molar-refractivity contribution in [1.29, 1.82) is 5.26 Å². The molecule has 1 aliphatic heterocycles. The summed E-state index contributed by atoms with van der Waals surface area (Å²) in [5.41, 5.74) is -0.00469. The Morgan fingerprint density at radius 3 is 2.46 bits per heavy atom. The summed E-state index contributed by atoms with van der Waals surface area (Å²) < 4.78 is 1.89. The van der Waals surface area contributed by atoms with Crippen molar-refractivity contribution in [3.05, 3.63) is 76.0 Å². The Hall–Kier alpha value is -2.13. The Morgan fingerprint density at radius 2 is 1.88 bits per heavy atom. The molecule has 0 bridgehead atoms. The first-order chi connectivity index (χ1) is 11.4. The maximum absolute atomic E-state index is 11.0. The third-order valence-electron chi connectivity index (χ3n) is 4.22. The molecule has 122 valence electrons. The Labute approximate surface area is 151 Å². The second kappa shape index (κ2) is 6.40. The summed E-state index contributed by atoms with van der Waals surface area (Å²) in [6.07, 6.45) is 3.74. The normalized spacial score (nSPS) is 26.6. The van der Waals surface area contributed by atoms with Gasteiger partial charge in [0.1, 0.15) is 0 Å². The lowest BCUT2D eigenvalue weighted by molar-refractivity contribution is -0.741. The van der Waals surface area contributed by atoms with Crippen molar-refractivity contribution in [2.75, 3.05) is 0 Å². The van der Waals surface area contributed by atoms with Crippen molar-refractivity contribution in [3.8, 4) is 6.07 Å². The van der Waals surface area contributed by atoms with E-state index >= 15 is 0 Å². The highest BCUT2D eigenvalue weighted by Crippen LogP contribution is 2.42. The maximum atomic E-state index is 11.0. The van der Waals surface area contributed by atoms with E-state index in [1.54, 1.807) is 19.1 Å². The fourth-order valence-electron chi connectivity index (χ4n) is 3.19. The van der Waals surface area contributed by atoms with Crippen LogP contribution in [0.3, 0.4) is 0 Å². The van der Waals surface area contributed by atoms with Gasteiger partial charge in [-0.05, 0) is 24.6 Å². The van der Waals surface area contributed by atoms with Crippen LogP contribution in [0, 0.1) is 11.3 Å². The van der Waals surface area contributed by atoms with E-state index in [4.69, 9.17) is 24.2 Å². The first-order valence-corrected chi connectivity index (χ1v) is 8.26. The molecule has 1 aromatic heterocycles. The number of halogens is 1. The van der Waals surface area contributed by atoms with Crippen LogP contribution in [-0.2, 0) is 12.6 Å². The summed E-state index contributed by atoms with van der Waals surface area (Å²) in [5.74, 6) is -0.386. The van der Waals surface area contributed by atoms with Crippen LogP contribution >= 0.6 is 11.6 Å². The highest BCUT2D eigenvalue weighted by molar-refractivity contribution is 7.63. The molecule has 2 aromatic rings. The zero-order valence-electron chi connectivity index (χ0n) is 13.0. The van der Waals surface area contributed by atoms with Crippen LogP contribution in [-0.4, -0.2) is 10.8 Å². The summed E-state index contributed by atoms with van der Waals surface area (Å²) in [5, 5.41) is 24.4. The average Bonchev–Trinajstić information content (AvgIpc) is 2.55. The zero-order chi connectivity index (χ0) is 17.3. The lowest BCUT2D eigenvalue weighted by atomic mass is 9.78. The first-order valence-electron chi connectivity index (χ1n) is 7.47. The van der Waals surface area contributed by atoms with E-state index in [0.29, 0.717) is 10.6 Å². The SMILES string of the molecule is CC1(O)NC([S-])=C(C#N)C(c2ccc(Cl)cc2)C1[n+]1ccccc1. The molecule has 0 spiro atoms. The molecule has 0 amide bonds. The van der Waals surface area contributed by atoms with Gasteiger partial charge in [0.2, 0.25) is 6.04 Å². The van der Waals surface area contributed by atoms with Gasteiger partial charge < -0.3 is 23.1 Å². The van der Waals surface area contributed by atoms with Crippen LogP contribution in [0.1, 0.15) is 24.4 Å². The maximum Gasteiger partial charge on any atom is 0.216 e. The van der Waals surface area contributed by atoms with Crippen molar-refractivity contribution in [3.63, 3.8) is 0 Å². The number of hydrogen-bond donors (Lipinski definition) is 2. The lowest BCUT2D eigenvalue weighted by Crippen LogP contribution is -2.63. The number of aliphatic hydroxyl groups is 1. The molecule has 0 saturated heterocycles. The summed E-state index contributed by atoms with van der Waals surface area (Å²) in [6.45, 7) is 1.67. The molecule has 2 heterocycles. The van der Waals surface area contributed by atoms with E-state index < -0.39 is 11.8 Å². The van der Waals surface area contributed by atoms with E-state index in [1.165, 1.54) is 0 Å². The fourth-order valence-corrected chi connectivity index (χ4v) is 3.70. The van der Waals surface area contributed by atoms with E-state index in [2.05, 4.69) is 11.4 Å². The minimum atomic E-state index is -1.31. The molecule has 2 N–H and O–H groups in total. The Morgan fingerprint density at radius 1 is 1.25 bits per heavy atom. The number of allylic oxidation sites excluding steroid dienone is 1. The molecule has 0 saturated carbocycles. The number of aromatic nitrogens is 1. The molecule has 24 heavy (non-hydrogen) atoms. The van der Waals surface area contributed by atoms with Crippen LogP contribution < -0.4 is 9.88 Å². The number of nitrogens with zero attached hydrogens (tertiary/aromatic N) is 2. The predicted octanol–water partition coefficient (Wildman–Crippen LogP) is 2.55. The molecule has 6 heteroatoms. The van der Waals surface area contributed by atoms with Gasteiger partial charge in [-0.3, -0.25) is 0 Å². The fraction of sp³-hybridized carbons (Fsp3) is 0.222. The number of rotatable bonds is 2. The second-order valence-corrected chi connectivity index (χ2v) is 6.77. The molecule has 0 radical (unpaired) electrons. The van der Waals surface area contributed by atoms with Crippen molar-refractivity contribution >= 4 is 24.2 Å². The first kappa shape index (κ1) is 16.7. The largest absolute Gasteiger partial charge is 0.762 e. The van der Waals surface area contributed by atoms with Crippen LogP contribution in [0.4, 0.5) is 0 Å². The summed E-state index contributed by atoms with van der Waals surface area (Å²) >= 11 is 11.3.